The highest BCUT2D eigenvalue weighted by molar-refractivity contribution is 7.90. The average molecular weight is 744 g/mol. The summed E-state index contributed by atoms with van der Waals surface area (Å²) in [6, 6.07) is 18.6. The van der Waals surface area contributed by atoms with E-state index in [-0.39, 0.29) is 51.9 Å². The molecule has 52 heavy (non-hydrogen) atoms. The SMILES string of the molecule is Cc1ccc(-c2cc(C(F)(F)F)nn2-c2ccc(S(=O)(=O)NC(=O)OCCCCN(C)/[N+]([O-])=N\OC(C)N3C(=O)c4ccccc4C3=O)cc2)cc1. The van der Waals surface area contributed by atoms with Gasteiger partial charge in [-0.05, 0) is 69.2 Å². The second-order valence-corrected chi connectivity index (χ2v) is 13.3. The molecule has 0 radical (unpaired) electrons. The Labute approximate surface area is 295 Å². The van der Waals surface area contributed by atoms with Crippen LogP contribution in [-0.4, -0.2) is 77.4 Å². The molecule has 1 unspecified atom stereocenters. The fourth-order valence-electron chi connectivity index (χ4n) is 5.06. The van der Waals surface area contributed by atoms with Crippen LogP contribution in [0.15, 0.2) is 89.0 Å². The molecular weight excluding hydrogens is 711 g/mol. The van der Waals surface area contributed by atoms with Gasteiger partial charge in [0.1, 0.15) is 0 Å². The summed E-state index contributed by atoms with van der Waals surface area (Å²) in [7, 11) is -3.02. The summed E-state index contributed by atoms with van der Waals surface area (Å²) in [4.78, 5) is 43.0. The maximum Gasteiger partial charge on any atom is 0.435 e. The molecule has 0 saturated heterocycles. The molecule has 0 spiro atoms. The first-order valence-electron chi connectivity index (χ1n) is 15.6. The van der Waals surface area contributed by atoms with Crippen molar-refractivity contribution < 1.29 is 50.5 Å². The third-order valence-corrected chi connectivity index (χ3v) is 9.14. The van der Waals surface area contributed by atoms with Crippen molar-refractivity contribution >= 4 is 27.9 Å². The Hall–Kier alpha value is -5.98. The van der Waals surface area contributed by atoms with Crippen LogP contribution in [0, 0.1) is 12.1 Å². The van der Waals surface area contributed by atoms with Gasteiger partial charge in [0, 0.05) is 5.56 Å². The number of ether oxygens (including phenoxy) is 1. The van der Waals surface area contributed by atoms with Crippen molar-refractivity contribution in [1.29, 1.82) is 0 Å². The topological polar surface area (TPSA) is 179 Å². The van der Waals surface area contributed by atoms with Crippen molar-refractivity contribution in [2.45, 2.75) is 44.0 Å². The zero-order valence-corrected chi connectivity index (χ0v) is 28.7. The second kappa shape index (κ2) is 15.1. The Balaban J connectivity index is 1.09. The molecule has 5 rings (SSSR count). The maximum absolute atomic E-state index is 13.5. The number of carbonyl (C=O) groups is 3. The number of benzene rings is 3. The molecule has 1 aliphatic heterocycles. The lowest BCUT2D eigenvalue weighted by Crippen LogP contribution is -2.39. The van der Waals surface area contributed by atoms with Crippen molar-refractivity contribution in [3.8, 4) is 16.9 Å². The van der Waals surface area contributed by atoms with Crippen LogP contribution in [0.4, 0.5) is 18.0 Å². The number of hydrazine groups is 1. The number of carbonyl (C=O) groups excluding carboxylic acids is 3. The third-order valence-electron chi connectivity index (χ3n) is 7.82. The van der Waals surface area contributed by atoms with E-state index in [1.807, 2.05) is 6.92 Å². The van der Waals surface area contributed by atoms with E-state index in [9.17, 15) is 41.2 Å². The number of hydrogen-bond donors (Lipinski definition) is 1. The van der Waals surface area contributed by atoms with Gasteiger partial charge in [0.15, 0.2) is 5.69 Å². The van der Waals surface area contributed by atoms with Crippen molar-refractivity contribution in [1.82, 2.24) is 24.4 Å². The summed E-state index contributed by atoms with van der Waals surface area (Å²) in [5.74, 6) is -1.15. The Morgan fingerprint density at radius 1 is 1.02 bits per heavy atom. The van der Waals surface area contributed by atoms with Crippen LogP contribution in [0.3, 0.4) is 0 Å². The molecule has 2 heterocycles. The Bertz CT molecular complexity index is 2070. The van der Waals surface area contributed by atoms with Gasteiger partial charge >= 0.3 is 12.3 Å². The lowest BCUT2D eigenvalue weighted by molar-refractivity contribution is -0.707. The molecule has 274 valence electrons. The molecule has 3 amide bonds. The lowest BCUT2D eigenvalue weighted by atomic mass is 10.1. The minimum absolute atomic E-state index is 0.111. The molecule has 0 aliphatic carbocycles. The number of rotatable bonds is 13. The molecule has 19 heteroatoms. The number of amides is 3. The minimum atomic E-state index is -4.72. The zero-order valence-electron chi connectivity index (χ0n) is 27.9. The molecule has 1 atom stereocenters. The molecular formula is C33H32F3N7O8S. The largest absolute Gasteiger partial charge is 0.569 e. The third kappa shape index (κ3) is 8.31. The number of aryl methyl sites for hydroxylation is 1. The average Bonchev–Trinajstić information content (AvgIpc) is 3.67. The highest BCUT2D eigenvalue weighted by Crippen LogP contribution is 2.33. The summed E-state index contributed by atoms with van der Waals surface area (Å²) < 4.78 is 73.9. The first-order valence-corrected chi connectivity index (χ1v) is 17.1. The van der Waals surface area contributed by atoms with Gasteiger partial charge in [0.05, 0.1) is 52.6 Å². The molecule has 0 fully saturated rings. The number of nitrogens with zero attached hydrogens (tertiary/aromatic N) is 6. The molecule has 1 N–H and O–H groups in total. The van der Waals surface area contributed by atoms with Crippen molar-refractivity contribution in [3.63, 3.8) is 0 Å². The number of alkyl halides is 3. The van der Waals surface area contributed by atoms with Gasteiger partial charge in [-0.15, -0.1) is 5.01 Å². The van der Waals surface area contributed by atoms with Gasteiger partial charge in [-0.2, -0.15) is 18.3 Å². The van der Waals surface area contributed by atoms with Crippen molar-refractivity contribution in [2.24, 2.45) is 5.28 Å². The number of imide groups is 1. The smallest absolute Gasteiger partial charge is 0.435 e. The van der Waals surface area contributed by atoms with Gasteiger partial charge in [0.25, 0.3) is 21.8 Å². The van der Waals surface area contributed by atoms with Gasteiger partial charge in [-0.1, -0.05) is 42.0 Å². The quantitative estimate of drug-likeness (QED) is 0.0609. The van der Waals surface area contributed by atoms with Crippen LogP contribution in [-0.2, 0) is 25.8 Å². The number of nitrogens with one attached hydrogen (secondary N) is 1. The van der Waals surface area contributed by atoms with E-state index in [1.54, 1.807) is 41.1 Å². The first-order chi connectivity index (χ1) is 24.6. The van der Waals surface area contributed by atoms with Crippen LogP contribution in [0.5, 0.6) is 0 Å². The monoisotopic (exact) mass is 743 g/mol. The van der Waals surface area contributed by atoms with Crippen molar-refractivity contribution in [3.05, 3.63) is 106 Å². The number of hydrogen-bond acceptors (Lipinski definition) is 10. The van der Waals surface area contributed by atoms with E-state index in [0.717, 1.165) is 38.4 Å². The summed E-state index contributed by atoms with van der Waals surface area (Å²) in [6.45, 7) is 3.12. The van der Waals surface area contributed by atoms with Crippen molar-refractivity contribution in [2.75, 3.05) is 20.2 Å². The summed E-state index contributed by atoms with van der Waals surface area (Å²) >= 11 is 0. The normalized spacial score (nSPS) is 13.9. The number of aromatic nitrogens is 2. The number of halogens is 3. The summed E-state index contributed by atoms with van der Waals surface area (Å²) in [5.41, 5.74) is 0.949. The first kappa shape index (κ1) is 37.3. The zero-order chi connectivity index (χ0) is 37.8. The Morgan fingerprint density at radius 3 is 2.23 bits per heavy atom. The summed E-state index contributed by atoms with van der Waals surface area (Å²) in [6.07, 6.45) is -6.63. The maximum atomic E-state index is 13.5. The van der Waals surface area contributed by atoms with Crippen LogP contribution in [0.2, 0.25) is 0 Å². The fraction of sp³-hybridized carbons (Fsp3) is 0.273. The molecule has 15 nitrogen and oxygen atoms in total. The van der Waals surface area contributed by atoms with Crippen LogP contribution >= 0.6 is 0 Å². The predicted octanol–water partition coefficient (Wildman–Crippen LogP) is 5.44. The van der Waals surface area contributed by atoms with E-state index in [1.165, 1.54) is 38.2 Å². The van der Waals surface area contributed by atoms with E-state index in [2.05, 4.69) is 10.4 Å². The van der Waals surface area contributed by atoms with Gasteiger partial charge in [0.2, 0.25) is 11.5 Å². The minimum Gasteiger partial charge on any atom is -0.569 e. The number of sulfonamides is 1. The number of unbranched alkanes of at least 4 members (excludes halogenated alkanes) is 1. The van der Waals surface area contributed by atoms with E-state index in [4.69, 9.17) is 9.57 Å². The van der Waals surface area contributed by atoms with Gasteiger partial charge in [-0.25, -0.2) is 27.5 Å². The second-order valence-electron chi connectivity index (χ2n) is 11.6. The molecule has 0 bridgehead atoms. The molecule has 3 aromatic carbocycles. The molecule has 4 aromatic rings. The Morgan fingerprint density at radius 2 is 1.63 bits per heavy atom. The highest BCUT2D eigenvalue weighted by Gasteiger charge is 2.40. The van der Waals surface area contributed by atoms with Crippen LogP contribution < -0.4 is 4.72 Å². The van der Waals surface area contributed by atoms with Crippen LogP contribution in [0.1, 0.15) is 51.7 Å². The molecule has 0 saturated carbocycles. The summed E-state index contributed by atoms with van der Waals surface area (Å²) in [5, 5.41) is 20.5. The Kier molecular flexibility index (Phi) is 10.8. The molecule has 1 aromatic heterocycles. The standard InChI is InChI=1S/C33H32F3N7O8S/c1-21-10-12-23(13-11-21)28-20-29(33(34,35)36)37-42(28)24-14-16-25(17-15-24)52(48,49)38-32(46)50-19-7-6-18-40(3)43(47)39-51-22(2)41-30(44)26-8-4-5-9-27(26)31(41)45/h4-5,8-17,20,22H,6-7,18-19H2,1-3H3,(H,38,46)/b43-39+. The van der Waals surface area contributed by atoms with E-state index < -0.39 is 46.0 Å². The van der Waals surface area contributed by atoms with Crippen LogP contribution in [0.25, 0.3) is 16.9 Å². The number of fused-ring (bicyclic) bond motifs is 1. The van der Waals surface area contributed by atoms with Gasteiger partial charge < -0.3 is 14.8 Å². The highest BCUT2D eigenvalue weighted by atomic mass is 32.2. The lowest BCUT2D eigenvalue weighted by Gasteiger charge is -2.19. The van der Waals surface area contributed by atoms with Gasteiger partial charge in [-0.3, -0.25) is 9.59 Å². The molecule has 1 aliphatic rings. The fourth-order valence-corrected chi connectivity index (χ4v) is 5.95. The van der Waals surface area contributed by atoms with E-state index in [0.29, 0.717) is 12.0 Å². The van der Waals surface area contributed by atoms with E-state index >= 15 is 0 Å². The predicted molar refractivity (Wildman–Crippen MR) is 176 cm³/mol.